The first-order valence-corrected chi connectivity index (χ1v) is 10.5. The Labute approximate surface area is 171 Å². The molecule has 2 N–H and O–H groups in total. The highest BCUT2D eigenvalue weighted by molar-refractivity contribution is 5.98. The molecule has 0 aliphatic carbocycles. The van der Waals surface area contributed by atoms with Gasteiger partial charge < -0.3 is 15.5 Å². The fraction of sp³-hybridized carbons (Fsp3) is 0.500. The van der Waals surface area contributed by atoms with E-state index in [1.807, 2.05) is 41.4 Å². The summed E-state index contributed by atoms with van der Waals surface area (Å²) >= 11 is 0. The number of hydrogen-bond donors (Lipinski definition) is 2. The zero-order chi connectivity index (χ0) is 20.3. The van der Waals surface area contributed by atoms with Gasteiger partial charge in [0.05, 0.1) is 0 Å². The molecule has 2 fully saturated rings. The second-order valence-electron chi connectivity index (χ2n) is 8.11. The molecule has 3 heterocycles. The van der Waals surface area contributed by atoms with Gasteiger partial charge in [-0.15, -0.1) is 0 Å². The lowest BCUT2D eigenvalue weighted by Crippen LogP contribution is -2.52. The van der Waals surface area contributed by atoms with Crippen LogP contribution in [0.4, 0.5) is 5.69 Å². The Morgan fingerprint density at radius 1 is 1.17 bits per heavy atom. The van der Waals surface area contributed by atoms with Crippen molar-refractivity contribution in [3.63, 3.8) is 0 Å². The van der Waals surface area contributed by atoms with Crippen LogP contribution in [0.1, 0.15) is 49.4 Å². The number of piperidine rings is 2. The molecule has 2 amide bonds. The number of anilines is 1. The average Bonchev–Trinajstić information content (AvgIpc) is 3.30. The van der Waals surface area contributed by atoms with Crippen molar-refractivity contribution in [3.05, 3.63) is 48.3 Å². The maximum absolute atomic E-state index is 13.2. The first-order chi connectivity index (χ1) is 14.1. The van der Waals surface area contributed by atoms with Crippen molar-refractivity contribution in [1.82, 2.24) is 20.0 Å². The first-order valence-electron chi connectivity index (χ1n) is 10.5. The molecule has 2 aliphatic heterocycles. The highest BCUT2D eigenvalue weighted by Gasteiger charge is 2.42. The van der Waals surface area contributed by atoms with E-state index >= 15 is 0 Å². The molecule has 2 aliphatic rings. The SMILES string of the molecule is CC1CCCCN1C(=O)c1ccc(NC(=O)C2(n3cccn3)CCNCC2)cc1. The van der Waals surface area contributed by atoms with Gasteiger partial charge in [0.2, 0.25) is 0 Å². The molecule has 2 aromatic rings. The Morgan fingerprint density at radius 3 is 2.59 bits per heavy atom. The number of rotatable bonds is 4. The third kappa shape index (κ3) is 3.92. The molecule has 4 rings (SSSR count). The fourth-order valence-electron chi connectivity index (χ4n) is 4.43. The summed E-state index contributed by atoms with van der Waals surface area (Å²) in [5.74, 6) is 0.00729. The summed E-state index contributed by atoms with van der Waals surface area (Å²) in [4.78, 5) is 28.0. The van der Waals surface area contributed by atoms with Gasteiger partial charge in [0.25, 0.3) is 11.8 Å². The average molecular weight is 396 g/mol. The Kier molecular flexibility index (Phi) is 5.67. The van der Waals surface area contributed by atoms with E-state index in [1.54, 1.807) is 10.9 Å². The van der Waals surface area contributed by atoms with Crippen molar-refractivity contribution in [1.29, 1.82) is 0 Å². The van der Waals surface area contributed by atoms with Crippen LogP contribution in [0.25, 0.3) is 0 Å². The predicted octanol–water partition coefficient (Wildman–Crippen LogP) is 2.62. The zero-order valence-electron chi connectivity index (χ0n) is 16.9. The van der Waals surface area contributed by atoms with Gasteiger partial charge in [-0.05, 0) is 82.4 Å². The van der Waals surface area contributed by atoms with Crippen molar-refractivity contribution in [2.75, 3.05) is 25.0 Å². The van der Waals surface area contributed by atoms with Crippen molar-refractivity contribution in [3.8, 4) is 0 Å². The van der Waals surface area contributed by atoms with Crippen LogP contribution in [-0.2, 0) is 10.3 Å². The van der Waals surface area contributed by atoms with Gasteiger partial charge in [0.1, 0.15) is 5.54 Å². The van der Waals surface area contributed by atoms with Crippen molar-refractivity contribution in [2.45, 2.75) is 50.6 Å². The van der Waals surface area contributed by atoms with E-state index in [9.17, 15) is 9.59 Å². The minimum absolute atomic E-state index is 0.0635. The topological polar surface area (TPSA) is 79.3 Å². The monoisotopic (exact) mass is 395 g/mol. The van der Waals surface area contributed by atoms with Gasteiger partial charge in [0.15, 0.2) is 0 Å². The van der Waals surface area contributed by atoms with Crippen molar-refractivity contribution < 1.29 is 9.59 Å². The molecule has 0 spiro atoms. The van der Waals surface area contributed by atoms with Gasteiger partial charge in [-0.25, -0.2) is 0 Å². The van der Waals surface area contributed by atoms with Gasteiger partial charge in [-0.1, -0.05) is 0 Å². The molecule has 1 atom stereocenters. The standard InChI is InChI=1S/C22H29N5O2/c1-17-5-2-3-15-26(17)20(28)18-6-8-19(9-7-18)25-21(29)22(10-13-23-14-11-22)27-16-4-12-24-27/h4,6-9,12,16-17,23H,2-3,5,10-11,13-15H2,1H3,(H,25,29). The van der Waals surface area contributed by atoms with Crippen LogP contribution in [0.5, 0.6) is 0 Å². The molecule has 154 valence electrons. The lowest BCUT2D eigenvalue weighted by molar-refractivity contribution is -0.126. The van der Waals surface area contributed by atoms with Gasteiger partial charge >= 0.3 is 0 Å². The molecule has 1 aromatic carbocycles. The number of likely N-dealkylation sites (tertiary alicyclic amines) is 1. The van der Waals surface area contributed by atoms with Crippen LogP contribution >= 0.6 is 0 Å². The van der Waals surface area contributed by atoms with Gasteiger partial charge in [0, 0.05) is 36.2 Å². The summed E-state index contributed by atoms with van der Waals surface area (Å²) < 4.78 is 1.78. The zero-order valence-corrected chi connectivity index (χ0v) is 16.9. The van der Waals surface area contributed by atoms with E-state index in [0.717, 1.165) is 32.5 Å². The molecule has 7 heteroatoms. The van der Waals surface area contributed by atoms with E-state index in [1.165, 1.54) is 6.42 Å². The van der Waals surface area contributed by atoms with Gasteiger partial charge in [-0.3, -0.25) is 14.3 Å². The molecule has 1 aromatic heterocycles. The number of nitrogens with zero attached hydrogens (tertiary/aromatic N) is 3. The quantitative estimate of drug-likeness (QED) is 0.834. The summed E-state index contributed by atoms with van der Waals surface area (Å²) in [6, 6.07) is 9.38. The Hall–Kier alpha value is -2.67. The minimum Gasteiger partial charge on any atom is -0.336 e. The van der Waals surface area contributed by atoms with E-state index in [4.69, 9.17) is 0 Å². The van der Waals surface area contributed by atoms with Gasteiger partial charge in [-0.2, -0.15) is 5.10 Å². The minimum atomic E-state index is -0.688. The summed E-state index contributed by atoms with van der Waals surface area (Å²) in [5, 5.41) is 10.7. The van der Waals surface area contributed by atoms with E-state index in [2.05, 4.69) is 22.7 Å². The summed E-state index contributed by atoms with van der Waals surface area (Å²) in [7, 11) is 0. The van der Waals surface area contributed by atoms with Crippen molar-refractivity contribution in [2.24, 2.45) is 0 Å². The Bertz CT molecular complexity index is 841. The molecular formula is C22H29N5O2. The smallest absolute Gasteiger partial charge is 0.254 e. The molecule has 0 bridgehead atoms. The number of carbonyl (C=O) groups excluding carboxylic acids is 2. The maximum Gasteiger partial charge on any atom is 0.254 e. The lowest BCUT2D eigenvalue weighted by Gasteiger charge is -2.36. The maximum atomic E-state index is 13.2. The second kappa shape index (κ2) is 8.37. The van der Waals surface area contributed by atoms with Crippen LogP contribution in [0.2, 0.25) is 0 Å². The third-order valence-electron chi connectivity index (χ3n) is 6.25. The number of aromatic nitrogens is 2. The number of nitrogens with one attached hydrogen (secondary N) is 2. The van der Waals surface area contributed by atoms with Crippen LogP contribution in [0, 0.1) is 0 Å². The Balaban J connectivity index is 1.48. The summed E-state index contributed by atoms with van der Waals surface area (Å²) in [6.07, 6.45) is 8.24. The van der Waals surface area contributed by atoms with Crippen LogP contribution < -0.4 is 10.6 Å². The lowest BCUT2D eigenvalue weighted by atomic mass is 9.87. The van der Waals surface area contributed by atoms with Crippen molar-refractivity contribution >= 4 is 17.5 Å². The highest BCUT2D eigenvalue weighted by atomic mass is 16.2. The molecule has 1 unspecified atom stereocenters. The largest absolute Gasteiger partial charge is 0.336 e. The van der Waals surface area contributed by atoms with Crippen LogP contribution in [-0.4, -0.2) is 52.2 Å². The number of hydrogen-bond acceptors (Lipinski definition) is 4. The number of carbonyl (C=O) groups is 2. The predicted molar refractivity (Wildman–Crippen MR) is 112 cm³/mol. The molecular weight excluding hydrogens is 366 g/mol. The third-order valence-corrected chi connectivity index (χ3v) is 6.25. The molecule has 2 saturated heterocycles. The highest BCUT2D eigenvalue weighted by Crippen LogP contribution is 2.29. The van der Waals surface area contributed by atoms with E-state index < -0.39 is 5.54 Å². The Morgan fingerprint density at radius 2 is 1.93 bits per heavy atom. The normalized spacial score (nSPS) is 21.6. The molecule has 29 heavy (non-hydrogen) atoms. The van der Waals surface area contributed by atoms with E-state index in [0.29, 0.717) is 24.1 Å². The number of benzene rings is 1. The summed E-state index contributed by atoms with van der Waals surface area (Å²) in [5.41, 5.74) is 0.677. The molecule has 7 nitrogen and oxygen atoms in total. The summed E-state index contributed by atoms with van der Waals surface area (Å²) in [6.45, 7) is 4.47. The second-order valence-corrected chi connectivity index (χ2v) is 8.11. The van der Waals surface area contributed by atoms with Crippen LogP contribution in [0.3, 0.4) is 0 Å². The first kappa shape index (κ1) is 19.6. The molecule has 0 radical (unpaired) electrons. The molecule has 0 saturated carbocycles. The fourth-order valence-corrected chi connectivity index (χ4v) is 4.43. The van der Waals surface area contributed by atoms with Crippen LogP contribution in [0.15, 0.2) is 42.7 Å². The van der Waals surface area contributed by atoms with E-state index in [-0.39, 0.29) is 17.9 Å². The number of amides is 2.